The van der Waals surface area contributed by atoms with E-state index >= 15 is 0 Å². The topological polar surface area (TPSA) is 17.1 Å². The van der Waals surface area contributed by atoms with Crippen molar-refractivity contribution < 1.29 is 4.79 Å². The highest BCUT2D eigenvalue weighted by Crippen LogP contribution is 2.29. The van der Waals surface area contributed by atoms with Crippen molar-refractivity contribution >= 4 is 51.0 Å². The maximum absolute atomic E-state index is 11.2. The number of halogens is 2. The number of hydrogen-bond acceptors (Lipinski definition) is 1. The molecule has 0 aromatic rings. The molecule has 0 N–H and O–H groups in total. The summed E-state index contributed by atoms with van der Waals surface area (Å²) in [5, 5.41) is 0. The lowest BCUT2D eigenvalue weighted by Crippen LogP contribution is -2.19. The molecule has 0 radical (unpaired) electrons. The van der Waals surface area contributed by atoms with E-state index in [1.165, 1.54) is 0 Å². The predicted octanol–water partition coefficient (Wildman–Crippen LogP) is 3.11. The quantitative estimate of drug-likeness (QED) is 0.428. The lowest BCUT2D eigenvalue weighted by molar-refractivity contribution is -0.117. The standard InChI is InChI=1S/C7H10I2O/c1-5(2)4-6(10)7(3,8)9/h1,4H2,2-3H3. The van der Waals surface area contributed by atoms with Crippen LogP contribution < -0.4 is 0 Å². The van der Waals surface area contributed by atoms with Crippen LogP contribution >= 0.6 is 45.2 Å². The number of allylic oxidation sites excluding steroid dienone is 1. The molecule has 0 aliphatic carbocycles. The molecule has 0 aliphatic heterocycles. The minimum atomic E-state index is -0.269. The van der Waals surface area contributed by atoms with Gasteiger partial charge in [0.15, 0.2) is 5.78 Å². The zero-order chi connectivity index (χ0) is 8.36. The monoisotopic (exact) mass is 364 g/mol. The summed E-state index contributed by atoms with van der Waals surface area (Å²) in [4.78, 5) is 11.2. The van der Waals surface area contributed by atoms with Crippen LogP contribution in [0.15, 0.2) is 12.2 Å². The molecule has 0 heterocycles. The van der Waals surface area contributed by atoms with Gasteiger partial charge < -0.3 is 0 Å². The largest absolute Gasteiger partial charge is 0.297 e. The minimum Gasteiger partial charge on any atom is -0.297 e. The Balaban J connectivity index is 3.99. The third-order valence-electron chi connectivity index (χ3n) is 0.952. The van der Waals surface area contributed by atoms with Crippen molar-refractivity contribution in [2.45, 2.75) is 21.7 Å². The van der Waals surface area contributed by atoms with Crippen LogP contribution in [0.3, 0.4) is 0 Å². The van der Waals surface area contributed by atoms with Gasteiger partial charge >= 0.3 is 0 Å². The second-order valence-electron chi connectivity index (χ2n) is 2.45. The van der Waals surface area contributed by atoms with E-state index in [0.717, 1.165) is 5.57 Å². The Morgan fingerprint density at radius 3 is 2.10 bits per heavy atom. The molecule has 0 rings (SSSR count). The van der Waals surface area contributed by atoms with Crippen LogP contribution in [0.25, 0.3) is 0 Å². The van der Waals surface area contributed by atoms with Crippen molar-refractivity contribution in [3.63, 3.8) is 0 Å². The summed E-state index contributed by atoms with van der Waals surface area (Å²) in [6, 6.07) is 0. The molecule has 0 amide bonds. The molecule has 0 aromatic heterocycles. The number of ketones is 1. The third kappa shape index (κ3) is 4.65. The van der Waals surface area contributed by atoms with Crippen LogP contribution in [0.2, 0.25) is 0 Å². The smallest absolute Gasteiger partial charge is 0.162 e. The Kier molecular flexibility index (Phi) is 4.39. The second-order valence-corrected chi connectivity index (χ2v) is 8.82. The molecule has 0 aliphatic rings. The number of rotatable bonds is 3. The molecule has 0 fully saturated rings. The summed E-state index contributed by atoms with van der Waals surface area (Å²) in [7, 11) is 0. The fourth-order valence-corrected chi connectivity index (χ4v) is 0.811. The molecular weight excluding hydrogens is 354 g/mol. The highest BCUT2D eigenvalue weighted by Gasteiger charge is 2.24. The number of alkyl halides is 2. The van der Waals surface area contributed by atoms with Crippen LogP contribution in [0.4, 0.5) is 0 Å². The molecule has 3 heteroatoms. The van der Waals surface area contributed by atoms with Gasteiger partial charge in [0.25, 0.3) is 0 Å². The first-order valence-electron chi connectivity index (χ1n) is 2.89. The normalized spacial score (nSPS) is 11.2. The SMILES string of the molecule is C=C(C)CC(=O)C(C)(I)I. The molecule has 0 unspecified atom stereocenters. The van der Waals surface area contributed by atoms with E-state index in [9.17, 15) is 4.79 Å². The zero-order valence-electron chi connectivity index (χ0n) is 6.08. The summed E-state index contributed by atoms with van der Waals surface area (Å²) in [6.45, 7) is 7.46. The lowest BCUT2D eigenvalue weighted by Gasteiger charge is -2.11. The van der Waals surface area contributed by atoms with E-state index in [1.54, 1.807) is 0 Å². The summed E-state index contributed by atoms with van der Waals surface area (Å²) < 4.78 is -0.269. The highest BCUT2D eigenvalue weighted by molar-refractivity contribution is 14.2. The lowest BCUT2D eigenvalue weighted by atomic mass is 10.1. The Labute approximate surface area is 88.9 Å². The van der Waals surface area contributed by atoms with E-state index in [2.05, 4.69) is 51.8 Å². The van der Waals surface area contributed by atoms with Crippen molar-refractivity contribution in [2.24, 2.45) is 0 Å². The van der Waals surface area contributed by atoms with Crippen LogP contribution in [0, 0.1) is 0 Å². The average Bonchev–Trinajstić information content (AvgIpc) is 1.60. The van der Waals surface area contributed by atoms with Crippen LogP contribution in [0.5, 0.6) is 0 Å². The van der Waals surface area contributed by atoms with Crippen LogP contribution in [-0.2, 0) is 4.79 Å². The van der Waals surface area contributed by atoms with E-state index in [4.69, 9.17) is 0 Å². The van der Waals surface area contributed by atoms with E-state index < -0.39 is 0 Å². The van der Waals surface area contributed by atoms with E-state index in [-0.39, 0.29) is 7.21 Å². The van der Waals surface area contributed by atoms with Gasteiger partial charge in [-0.1, -0.05) is 57.3 Å². The van der Waals surface area contributed by atoms with Crippen LogP contribution in [0.1, 0.15) is 20.3 Å². The van der Waals surface area contributed by atoms with Gasteiger partial charge in [-0.3, -0.25) is 4.79 Å². The first-order chi connectivity index (χ1) is 4.34. The second kappa shape index (κ2) is 4.04. The van der Waals surface area contributed by atoms with Crippen molar-refractivity contribution in [3.05, 3.63) is 12.2 Å². The van der Waals surface area contributed by atoms with E-state index in [0.29, 0.717) is 6.42 Å². The van der Waals surface area contributed by atoms with Gasteiger partial charge in [-0.15, -0.1) is 0 Å². The summed E-state index contributed by atoms with van der Waals surface area (Å²) in [5.41, 5.74) is 0.935. The van der Waals surface area contributed by atoms with Crippen molar-refractivity contribution in [1.29, 1.82) is 0 Å². The molecular formula is C7H10I2O. The maximum atomic E-state index is 11.2. The molecule has 0 spiro atoms. The van der Waals surface area contributed by atoms with Gasteiger partial charge in [0.05, 0.1) is 0 Å². The first-order valence-corrected chi connectivity index (χ1v) is 5.05. The molecule has 0 atom stereocenters. The number of carbonyl (C=O) groups excluding carboxylic acids is 1. The van der Waals surface area contributed by atoms with Gasteiger partial charge in [0, 0.05) is 6.42 Å². The van der Waals surface area contributed by atoms with Gasteiger partial charge in [0.2, 0.25) is 0 Å². The average molecular weight is 364 g/mol. The van der Waals surface area contributed by atoms with Crippen LogP contribution in [-0.4, -0.2) is 7.21 Å². The van der Waals surface area contributed by atoms with Crippen molar-refractivity contribution in [3.8, 4) is 0 Å². The summed E-state index contributed by atoms with van der Waals surface area (Å²) in [5.74, 6) is 0.237. The Bertz CT molecular complexity index is 155. The maximum Gasteiger partial charge on any atom is 0.162 e. The predicted molar refractivity (Wildman–Crippen MR) is 60.9 cm³/mol. The fraction of sp³-hybridized carbons (Fsp3) is 0.571. The third-order valence-corrected chi connectivity index (χ3v) is 2.16. The van der Waals surface area contributed by atoms with E-state index in [1.807, 2.05) is 13.8 Å². The number of hydrogen-bond donors (Lipinski definition) is 0. The zero-order valence-corrected chi connectivity index (χ0v) is 10.4. The fourth-order valence-electron chi connectivity index (χ4n) is 0.429. The van der Waals surface area contributed by atoms with Crippen molar-refractivity contribution in [1.82, 2.24) is 0 Å². The Hall–Kier alpha value is 0.870. The van der Waals surface area contributed by atoms with Gasteiger partial charge in [-0.2, -0.15) is 0 Å². The summed E-state index contributed by atoms with van der Waals surface area (Å²) >= 11 is 4.26. The molecule has 0 aromatic carbocycles. The Morgan fingerprint density at radius 2 is 2.00 bits per heavy atom. The first kappa shape index (κ1) is 10.9. The highest BCUT2D eigenvalue weighted by atomic mass is 127. The molecule has 1 nitrogen and oxygen atoms in total. The van der Waals surface area contributed by atoms with Gasteiger partial charge in [-0.05, 0) is 13.8 Å². The molecule has 0 bridgehead atoms. The summed E-state index contributed by atoms with van der Waals surface area (Å²) in [6.07, 6.45) is 0.502. The molecule has 10 heavy (non-hydrogen) atoms. The molecule has 0 saturated carbocycles. The molecule has 0 saturated heterocycles. The molecule has 58 valence electrons. The number of Topliss-reactive ketones (excluding diaryl/α,β-unsaturated/α-hetero) is 1. The minimum absolute atomic E-state index is 0.237. The Morgan fingerprint density at radius 1 is 1.60 bits per heavy atom. The van der Waals surface area contributed by atoms with Crippen molar-refractivity contribution in [2.75, 3.05) is 0 Å². The van der Waals surface area contributed by atoms with Gasteiger partial charge in [-0.25, -0.2) is 0 Å². The van der Waals surface area contributed by atoms with Gasteiger partial charge in [0.1, 0.15) is 1.43 Å². The number of carbonyl (C=O) groups is 1.